The number of rotatable bonds is 6. The Morgan fingerprint density at radius 2 is 2.04 bits per heavy atom. The fourth-order valence-corrected chi connectivity index (χ4v) is 2.36. The summed E-state index contributed by atoms with van der Waals surface area (Å²) in [4.78, 5) is 18.0. The molecule has 1 aromatic carbocycles. The zero-order chi connectivity index (χ0) is 19.0. The van der Waals surface area contributed by atoms with E-state index in [9.17, 15) is 4.79 Å². The van der Waals surface area contributed by atoms with Crippen molar-refractivity contribution >= 4 is 47.4 Å². The molecule has 26 heavy (non-hydrogen) atoms. The molecule has 0 spiro atoms. The van der Waals surface area contributed by atoms with Crippen molar-refractivity contribution in [3.63, 3.8) is 0 Å². The van der Waals surface area contributed by atoms with Crippen LogP contribution in [-0.4, -0.2) is 55.6 Å². The van der Waals surface area contributed by atoms with E-state index in [2.05, 4.69) is 15.6 Å². The predicted octanol–water partition coefficient (Wildman–Crippen LogP) is 3.15. The summed E-state index contributed by atoms with van der Waals surface area (Å²) < 4.78 is 5.82. The van der Waals surface area contributed by atoms with Crippen molar-refractivity contribution in [3.05, 3.63) is 29.3 Å². The topological polar surface area (TPSA) is 66.0 Å². The van der Waals surface area contributed by atoms with Crippen molar-refractivity contribution in [3.8, 4) is 5.75 Å². The minimum Gasteiger partial charge on any atom is -0.489 e. The first kappa shape index (κ1) is 24.8. The molecule has 1 rings (SSSR count). The van der Waals surface area contributed by atoms with Gasteiger partial charge in [0, 0.05) is 24.7 Å². The second-order valence-corrected chi connectivity index (χ2v) is 7.40. The highest BCUT2D eigenvalue weighted by Crippen LogP contribution is 2.18. The summed E-state index contributed by atoms with van der Waals surface area (Å²) in [6.07, 6.45) is -0.0907. The molecule has 0 radical (unpaired) electrons. The maximum absolute atomic E-state index is 12.0. The standard InChI is InChI=1S/C18H29ClN4O2.HI/c1-13(25-15-9-7-8-14(19)10-15)11-21-17(20-5)23(6)12-16(24)22-18(2,3)4;/h7-10,13H,11-12H2,1-6H3,(H,20,21)(H,22,24);1H. The summed E-state index contributed by atoms with van der Waals surface area (Å²) >= 11 is 5.95. The molecule has 1 amide bonds. The van der Waals surface area contributed by atoms with Gasteiger partial charge in [-0.25, -0.2) is 0 Å². The van der Waals surface area contributed by atoms with Gasteiger partial charge < -0.3 is 20.3 Å². The average molecular weight is 497 g/mol. The molecule has 1 unspecified atom stereocenters. The van der Waals surface area contributed by atoms with Crippen LogP contribution in [0.15, 0.2) is 29.3 Å². The zero-order valence-corrected chi connectivity index (χ0v) is 19.4. The minimum absolute atomic E-state index is 0. The first-order valence-corrected chi connectivity index (χ1v) is 8.63. The summed E-state index contributed by atoms with van der Waals surface area (Å²) in [6, 6.07) is 7.28. The Morgan fingerprint density at radius 1 is 1.38 bits per heavy atom. The largest absolute Gasteiger partial charge is 0.489 e. The zero-order valence-electron chi connectivity index (χ0n) is 16.3. The summed E-state index contributed by atoms with van der Waals surface area (Å²) in [6.45, 7) is 8.57. The molecule has 0 aliphatic rings. The molecule has 6 nitrogen and oxygen atoms in total. The molecule has 0 bridgehead atoms. The van der Waals surface area contributed by atoms with Crippen molar-refractivity contribution in [1.29, 1.82) is 0 Å². The van der Waals surface area contributed by atoms with Crippen LogP contribution in [0.1, 0.15) is 27.7 Å². The van der Waals surface area contributed by atoms with Crippen molar-refractivity contribution in [2.75, 3.05) is 27.2 Å². The number of halogens is 2. The average Bonchev–Trinajstić information content (AvgIpc) is 2.45. The van der Waals surface area contributed by atoms with E-state index < -0.39 is 0 Å². The molecule has 0 aromatic heterocycles. The number of aliphatic imine (C=N–C) groups is 1. The molecule has 0 heterocycles. The molecular formula is C18H30ClIN4O2. The maximum atomic E-state index is 12.0. The number of hydrogen-bond acceptors (Lipinski definition) is 3. The van der Waals surface area contributed by atoms with Crippen LogP contribution in [0.5, 0.6) is 5.75 Å². The molecule has 1 atom stereocenters. The molecule has 0 aliphatic heterocycles. The normalized spacial score (nSPS) is 12.7. The number of carbonyl (C=O) groups excluding carboxylic acids is 1. The fraction of sp³-hybridized carbons (Fsp3) is 0.556. The molecule has 0 saturated carbocycles. The van der Waals surface area contributed by atoms with Gasteiger partial charge in [-0.1, -0.05) is 17.7 Å². The second kappa shape index (κ2) is 11.5. The van der Waals surface area contributed by atoms with Crippen molar-refractivity contribution in [2.24, 2.45) is 4.99 Å². The third-order valence-corrected chi connectivity index (χ3v) is 3.38. The number of amides is 1. The monoisotopic (exact) mass is 496 g/mol. The Hall–Kier alpha value is -1.22. The van der Waals surface area contributed by atoms with E-state index in [4.69, 9.17) is 16.3 Å². The first-order valence-electron chi connectivity index (χ1n) is 8.25. The Labute approximate surface area is 178 Å². The quantitative estimate of drug-likeness (QED) is 0.361. The van der Waals surface area contributed by atoms with Gasteiger partial charge in [-0.05, 0) is 45.9 Å². The van der Waals surface area contributed by atoms with Crippen LogP contribution in [0.4, 0.5) is 0 Å². The van der Waals surface area contributed by atoms with Gasteiger partial charge in [-0.3, -0.25) is 9.79 Å². The van der Waals surface area contributed by atoms with Gasteiger partial charge in [-0.15, -0.1) is 24.0 Å². The van der Waals surface area contributed by atoms with E-state index >= 15 is 0 Å². The van der Waals surface area contributed by atoms with E-state index in [-0.39, 0.29) is 48.1 Å². The van der Waals surface area contributed by atoms with E-state index in [1.165, 1.54) is 0 Å². The lowest BCUT2D eigenvalue weighted by atomic mass is 10.1. The van der Waals surface area contributed by atoms with E-state index in [0.29, 0.717) is 17.5 Å². The highest BCUT2D eigenvalue weighted by molar-refractivity contribution is 14.0. The molecule has 0 fully saturated rings. The lowest BCUT2D eigenvalue weighted by Gasteiger charge is -2.26. The van der Waals surface area contributed by atoms with Gasteiger partial charge in [0.2, 0.25) is 5.91 Å². The van der Waals surface area contributed by atoms with Gasteiger partial charge in [-0.2, -0.15) is 0 Å². The number of likely N-dealkylation sites (N-methyl/N-ethyl adjacent to an activating group) is 1. The van der Waals surface area contributed by atoms with Gasteiger partial charge in [0.1, 0.15) is 11.9 Å². The lowest BCUT2D eigenvalue weighted by Crippen LogP contribution is -2.49. The van der Waals surface area contributed by atoms with Crippen LogP contribution in [0.3, 0.4) is 0 Å². The van der Waals surface area contributed by atoms with Crippen molar-refractivity contribution < 1.29 is 9.53 Å². The van der Waals surface area contributed by atoms with Crippen LogP contribution in [0, 0.1) is 0 Å². The molecule has 8 heteroatoms. The maximum Gasteiger partial charge on any atom is 0.240 e. The van der Waals surface area contributed by atoms with Crippen LogP contribution >= 0.6 is 35.6 Å². The van der Waals surface area contributed by atoms with Gasteiger partial charge >= 0.3 is 0 Å². The number of hydrogen-bond donors (Lipinski definition) is 2. The van der Waals surface area contributed by atoms with Crippen LogP contribution in [-0.2, 0) is 4.79 Å². The Balaban J connectivity index is 0.00000625. The van der Waals surface area contributed by atoms with Gasteiger partial charge in [0.05, 0.1) is 13.1 Å². The summed E-state index contributed by atoms with van der Waals surface area (Å²) in [7, 11) is 3.50. The molecule has 0 aliphatic carbocycles. The Morgan fingerprint density at radius 3 is 2.58 bits per heavy atom. The number of nitrogens with zero attached hydrogens (tertiary/aromatic N) is 2. The third-order valence-electron chi connectivity index (χ3n) is 3.15. The molecule has 2 N–H and O–H groups in total. The molecule has 148 valence electrons. The smallest absolute Gasteiger partial charge is 0.240 e. The van der Waals surface area contributed by atoms with Crippen LogP contribution in [0.25, 0.3) is 0 Å². The van der Waals surface area contributed by atoms with Crippen molar-refractivity contribution in [2.45, 2.75) is 39.3 Å². The highest BCUT2D eigenvalue weighted by Gasteiger charge is 2.17. The Kier molecular flexibility index (Phi) is 10.9. The van der Waals surface area contributed by atoms with Crippen molar-refractivity contribution in [1.82, 2.24) is 15.5 Å². The molecular weight excluding hydrogens is 467 g/mol. The van der Waals surface area contributed by atoms with Crippen LogP contribution in [0.2, 0.25) is 5.02 Å². The van der Waals surface area contributed by atoms with Gasteiger partial charge in [0.25, 0.3) is 0 Å². The van der Waals surface area contributed by atoms with E-state index in [1.54, 1.807) is 24.1 Å². The first-order chi connectivity index (χ1) is 11.6. The van der Waals surface area contributed by atoms with Gasteiger partial charge in [0.15, 0.2) is 5.96 Å². The number of carbonyl (C=O) groups is 1. The van der Waals surface area contributed by atoms with E-state index in [0.717, 1.165) is 5.75 Å². The summed E-state index contributed by atoms with van der Waals surface area (Å²) in [5, 5.41) is 6.78. The molecule has 1 aromatic rings. The summed E-state index contributed by atoms with van der Waals surface area (Å²) in [5.74, 6) is 1.29. The lowest BCUT2D eigenvalue weighted by molar-refractivity contribution is -0.122. The fourth-order valence-electron chi connectivity index (χ4n) is 2.18. The SMILES string of the molecule is CN=C(NCC(C)Oc1cccc(Cl)c1)N(C)CC(=O)NC(C)(C)C.I. The van der Waals surface area contributed by atoms with Crippen LogP contribution < -0.4 is 15.4 Å². The Bertz CT molecular complexity index is 605. The van der Waals surface area contributed by atoms with E-state index in [1.807, 2.05) is 46.9 Å². The summed E-state index contributed by atoms with van der Waals surface area (Å²) in [5.41, 5.74) is -0.256. The number of guanidine groups is 1. The third kappa shape index (κ3) is 10.1. The number of benzene rings is 1. The highest BCUT2D eigenvalue weighted by atomic mass is 127. The number of ether oxygens (including phenoxy) is 1. The second-order valence-electron chi connectivity index (χ2n) is 6.97. The molecule has 0 saturated heterocycles. The predicted molar refractivity (Wildman–Crippen MR) is 119 cm³/mol. The number of nitrogens with one attached hydrogen (secondary N) is 2. The minimum atomic E-state index is -0.256.